The SMILES string of the molecule is Cc1ccc(NC(=O)c2ccnc(CC#N)c2)cc1-c1cc(N2CCOCC2)c(=O)n(CCO)c1. The summed E-state index contributed by atoms with van der Waals surface area (Å²) in [6, 6.07) is 12.7. The predicted molar refractivity (Wildman–Crippen MR) is 133 cm³/mol. The summed E-state index contributed by atoms with van der Waals surface area (Å²) in [6.07, 6.45) is 3.39. The molecule has 9 heteroatoms. The predicted octanol–water partition coefficient (Wildman–Crippen LogP) is 2.37. The Morgan fingerprint density at radius 3 is 2.77 bits per heavy atom. The summed E-state index contributed by atoms with van der Waals surface area (Å²) in [7, 11) is 0. The van der Waals surface area contributed by atoms with Crippen molar-refractivity contribution in [3.05, 3.63) is 76.0 Å². The van der Waals surface area contributed by atoms with E-state index in [4.69, 9.17) is 10.00 Å². The van der Waals surface area contributed by atoms with Gasteiger partial charge in [-0.25, -0.2) is 0 Å². The second-order valence-electron chi connectivity index (χ2n) is 8.29. The lowest BCUT2D eigenvalue weighted by atomic mass is 10.0. The highest BCUT2D eigenvalue weighted by molar-refractivity contribution is 6.04. The molecule has 0 atom stereocenters. The smallest absolute Gasteiger partial charge is 0.274 e. The first kappa shape index (κ1) is 24.1. The molecule has 0 bridgehead atoms. The Labute approximate surface area is 203 Å². The van der Waals surface area contributed by atoms with Crippen molar-refractivity contribution in [2.45, 2.75) is 19.9 Å². The molecule has 0 unspecified atom stereocenters. The number of benzene rings is 1. The van der Waals surface area contributed by atoms with Crippen molar-refractivity contribution in [1.29, 1.82) is 5.26 Å². The summed E-state index contributed by atoms with van der Waals surface area (Å²) in [5.74, 6) is -0.305. The molecule has 3 aromatic rings. The number of nitriles is 1. The number of anilines is 2. The number of carbonyl (C=O) groups is 1. The van der Waals surface area contributed by atoms with Crippen LogP contribution in [0.15, 0.2) is 53.6 Å². The molecule has 9 nitrogen and oxygen atoms in total. The molecule has 0 radical (unpaired) electrons. The summed E-state index contributed by atoms with van der Waals surface area (Å²) in [5.41, 5.74) is 4.61. The van der Waals surface area contributed by atoms with Crippen LogP contribution in [0.25, 0.3) is 11.1 Å². The van der Waals surface area contributed by atoms with E-state index in [1.807, 2.05) is 42.2 Å². The van der Waals surface area contributed by atoms with Gasteiger partial charge in [0.15, 0.2) is 0 Å². The average Bonchev–Trinajstić information content (AvgIpc) is 2.87. The van der Waals surface area contributed by atoms with Crippen LogP contribution in [0.4, 0.5) is 11.4 Å². The van der Waals surface area contributed by atoms with Gasteiger partial charge < -0.3 is 24.6 Å². The van der Waals surface area contributed by atoms with Crippen LogP contribution in [0.2, 0.25) is 0 Å². The van der Waals surface area contributed by atoms with Crippen LogP contribution in [-0.4, -0.2) is 53.5 Å². The molecule has 3 heterocycles. The van der Waals surface area contributed by atoms with E-state index in [9.17, 15) is 14.7 Å². The first-order chi connectivity index (χ1) is 17.0. The molecule has 0 aliphatic carbocycles. The number of pyridine rings is 2. The zero-order chi connectivity index (χ0) is 24.8. The molecule has 0 spiro atoms. The largest absolute Gasteiger partial charge is 0.395 e. The molecular formula is C26H27N5O4. The summed E-state index contributed by atoms with van der Waals surface area (Å²) < 4.78 is 6.96. The number of carbonyl (C=O) groups excluding carboxylic acids is 1. The third-order valence-electron chi connectivity index (χ3n) is 5.91. The maximum Gasteiger partial charge on any atom is 0.274 e. The van der Waals surface area contributed by atoms with Crippen molar-refractivity contribution in [2.24, 2.45) is 0 Å². The van der Waals surface area contributed by atoms with Crippen LogP contribution in [0, 0.1) is 18.3 Å². The van der Waals surface area contributed by atoms with E-state index in [2.05, 4.69) is 10.3 Å². The fourth-order valence-electron chi connectivity index (χ4n) is 4.08. The van der Waals surface area contributed by atoms with Gasteiger partial charge in [-0.2, -0.15) is 5.26 Å². The molecular weight excluding hydrogens is 446 g/mol. The van der Waals surface area contributed by atoms with Gasteiger partial charge in [-0.15, -0.1) is 0 Å². The summed E-state index contributed by atoms with van der Waals surface area (Å²) >= 11 is 0. The number of nitrogens with zero attached hydrogens (tertiary/aromatic N) is 4. The van der Waals surface area contributed by atoms with Gasteiger partial charge in [0, 0.05) is 48.8 Å². The Bertz CT molecular complexity index is 1320. The third-order valence-corrected chi connectivity index (χ3v) is 5.91. The Balaban J connectivity index is 1.68. The molecule has 1 fully saturated rings. The molecule has 4 rings (SSSR count). The topological polar surface area (TPSA) is 120 Å². The van der Waals surface area contributed by atoms with Crippen molar-refractivity contribution in [3.63, 3.8) is 0 Å². The number of rotatable bonds is 7. The van der Waals surface area contributed by atoms with E-state index in [0.717, 1.165) is 16.7 Å². The lowest BCUT2D eigenvalue weighted by Gasteiger charge is -2.29. The molecule has 2 aromatic heterocycles. The number of aromatic nitrogens is 2. The highest BCUT2D eigenvalue weighted by Gasteiger charge is 2.18. The quantitative estimate of drug-likeness (QED) is 0.540. The Morgan fingerprint density at radius 2 is 2.03 bits per heavy atom. The van der Waals surface area contributed by atoms with E-state index in [1.165, 1.54) is 10.8 Å². The normalized spacial score (nSPS) is 13.3. The third kappa shape index (κ3) is 5.57. The highest BCUT2D eigenvalue weighted by Crippen LogP contribution is 2.29. The number of ether oxygens (including phenoxy) is 1. The number of nitrogens with one attached hydrogen (secondary N) is 1. The van der Waals surface area contributed by atoms with Crippen LogP contribution in [0.3, 0.4) is 0 Å². The number of morpholine rings is 1. The Hall–Kier alpha value is -4.00. The number of hydrogen-bond donors (Lipinski definition) is 2. The van der Waals surface area contributed by atoms with Gasteiger partial charge in [-0.1, -0.05) is 6.07 Å². The number of aliphatic hydroxyl groups excluding tert-OH is 1. The lowest BCUT2D eigenvalue weighted by Crippen LogP contribution is -2.40. The Morgan fingerprint density at radius 1 is 1.23 bits per heavy atom. The van der Waals surface area contributed by atoms with Crippen LogP contribution in [-0.2, 0) is 17.7 Å². The van der Waals surface area contributed by atoms with Gasteiger partial charge in [0.1, 0.15) is 5.69 Å². The van der Waals surface area contributed by atoms with Gasteiger partial charge in [0.05, 0.1) is 38.0 Å². The first-order valence-electron chi connectivity index (χ1n) is 11.4. The molecule has 0 saturated carbocycles. The summed E-state index contributed by atoms with van der Waals surface area (Å²) in [6.45, 7) is 4.34. The lowest BCUT2D eigenvalue weighted by molar-refractivity contribution is 0.102. The van der Waals surface area contributed by atoms with Crippen molar-refractivity contribution < 1.29 is 14.6 Å². The van der Waals surface area contributed by atoms with E-state index >= 15 is 0 Å². The minimum Gasteiger partial charge on any atom is -0.395 e. The molecule has 1 aliphatic heterocycles. The van der Waals surface area contributed by atoms with Gasteiger partial charge in [0.25, 0.3) is 11.5 Å². The second kappa shape index (κ2) is 11.0. The Kier molecular flexibility index (Phi) is 7.55. The highest BCUT2D eigenvalue weighted by atomic mass is 16.5. The first-order valence-corrected chi connectivity index (χ1v) is 11.4. The van der Waals surface area contributed by atoms with E-state index in [1.54, 1.807) is 18.3 Å². The number of amides is 1. The molecule has 1 amide bonds. The molecule has 1 aliphatic rings. The number of hydrogen-bond acceptors (Lipinski definition) is 7. The molecule has 1 saturated heterocycles. The van der Waals surface area contributed by atoms with Crippen LogP contribution in [0.5, 0.6) is 0 Å². The minimum absolute atomic E-state index is 0.130. The average molecular weight is 474 g/mol. The van der Waals surface area contributed by atoms with Gasteiger partial charge in [-0.05, 0) is 48.4 Å². The van der Waals surface area contributed by atoms with E-state index in [-0.39, 0.29) is 31.0 Å². The van der Waals surface area contributed by atoms with Gasteiger partial charge in [-0.3, -0.25) is 14.6 Å². The van der Waals surface area contributed by atoms with E-state index in [0.29, 0.717) is 48.9 Å². The maximum absolute atomic E-state index is 13.1. The fourth-order valence-corrected chi connectivity index (χ4v) is 4.08. The molecule has 35 heavy (non-hydrogen) atoms. The van der Waals surface area contributed by atoms with Gasteiger partial charge in [0.2, 0.25) is 0 Å². The minimum atomic E-state index is -0.305. The molecule has 1 aromatic carbocycles. The zero-order valence-electron chi connectivity index (χ0n) is 19.5. The van der Waals surface area contributed by atoms with Crippen molar-refractivity contribution in [2.75, 3.05) is 43.1 Å². The fraction of sp³-hybridized carbons (Fsp3) is 0.308. The van der Waals surface area contributed by atoms with Crippen LogP contribution in [0.1, 0.15) is 21.6 Å². The van der Waals surface area contributed by atoms with Crippen molar-refractivity contribution in [1.82, 2.24) is 9.55 Å². The van der Waals surface area contributed by atoms with Crippen LogP contribution < -0.4 is 15.8 Å². The second-order valence-corrected chi connectivity index (χ2v) is 8.29. The number of aliphatic hydroxyl groups is 1. The van der Waals surface area contributed by atoms with E-state index < -0.39 is 0 Å². The van der Waals surface area contributed by atoms with Crippen LogP contribution >= 0.6 is 0 Å². The molecule has 2 N–H and O–H groups in total. The summed E-state index contributed by atoms with van der Waals surface area (Å²) in [4.78, 5) is 32.0. The molecule has 180 valence electrons. The van der Waals surface area contributed by atoms with Gasteiger partial charge >= 0.3 is 0 Å². The summed E-state index contributed by atoms with van der Waals surface area (Å²) in [5, 5.41) is 21.3. The van der Waals surface area contributed by atoms with Crippen molar-refractivity contribution in [3.8, 4) is 17.2 Å². The maximum atomic E-state index is 13.1. The zero-order valence-corrected chi connectivity index (χ0v) is 19.5. The van der Waals surface area contributed by atoms with Crippen molar-refractivity contribution >= 4 is 17.3 Å². The number of aryl methyl sites for hydroxylation is 1. The monoisotopic (exact) mass is 473 g/mol. The standard InChI is InChI=1S/C26H27N5O4/c1-18-2-3-22(29-25(33)19-5-7-28-21(14-19)4-6-27)16-23(18)20-15-24(30-9-12-35-13-10-30)26(34)31(17-20)8-11-32/h2-3,5,7,14-17,32H,4,8-13H2,1H3,(H,29,33).